The summed E-state index contributed by atoms with van der Waals surface area (Å²) in [5, 5.41) is 5.45. The number of morpholine rings is 1. The van der Waals surface area contributed by atoms with E-state index in [1.807, 2.05) is 24.9 Å². The van der Waals surface area contributed by atoms with Crippen LogP contribution in [0.2, 0.25) is 0 Å². The summed E-state index contributed by atoms with van der Waals surface area (Å²) in [6.45, 7) is 9.66. The van der Waals surface area contributed by atoms with Crippen molar-refractivity contribution in [1.29, 1.82) is 0 Å². The summed E-state index contributed by atoms with van der Waals surface area (Å²) >= 11 is 0. The third-order valence-electron chi connectivity index (χ3n) is 8.22. The van der Waals surface area contributed by atoms with E-state index < -0.39 is 5.82 Å². The number of fused-ring (bicyclic) bond motifs is 1. The molecule has 2 fully saturated rings. The molecule has 0 radical (unpaired) electrons. The van der Waals surface area contributed by atoms with Gasteiger partial charge in [-0.15, -0.1) is 0 Å². The van der Waals surface area contributed by atoms with Crippen LogP contribution in [0.5, 0.6) is 0 Å². The molecule has 2 aliphatic rings. The second-order valence-corrected chi connectivity index (χ2v) is 11.1. The normalized spacial score (nSPS) is 19.6. The summed E-state index contributed by atoms with van der Waals surface area (Å²) in [5.41, 5.74) is 4.16. The largest absolute Gasteiger partial charge is 0.377 e. The Kier molecular flexibility index (Phi) is 7.63. The predicted octanol–water partition coefficient (Wildman–Crippen LogP) is 4.64. The third kappa shape index (κ3) is 4.99. The Morgan fingerprint density at radius 2 is 2.00 bits per heavy atom. The van der Waals surface area contributed by atoms with Crippen LogP contribution in [0.1, 0.15) is 55.5 Å². The van der Waals surface area contributed by atoms with Gasteiger partial charge >= 0.3 is 0 Å². The molecule has 202 valence electrons. The van der Waals surface area contributed by atoms with Crippen molar-refractivity contribution in [2.24, 2.45) is 13.0 Å². The van der Waals surface area contributed by atoms with Gasteiger partial charge in [-0.2, -0.15) is 5.10 Å². The number of amides is 1. The fraction of sp³-hybridized carbons (Fsp3) is 0.500. The Morgan fingerprint density at radius 1 is 1.21 bits per heavy atom. The van der Waals surface area contributed by atoms with Crippen molar-refractivity contribution in [3.8, 4) is 11.1 Å². The van der Waals surface area contributed by atoms with Gasteiger partial charge in [0.25, 0.3) is 5.91 Å². The SMILES string of the molecule is CC(C)[C@H](CCC=O)N1CC(c2cc(-c3ccc(F)cc3C(=O)N3CCOC[C@H]3C)c3cnn(C)c3c2)C1. The van der Waals surface area contributed by atoms with Gasteiger partial charge in [-0.1, -0.05) is 19.9 Å². The Morgan fingerprint density at radius 3 is 2.71 bits per heavy atom. The van der Waals surface area contributed by atoms with Crippen LogP contribution < -0.4 is 0 Å². The van der Waals surface area contributed by atoms with E-state index in [-0.39, 0.29) is 11.9 Å². The molecule has 0 saturated carbocycles. The van der Waals surface area contributed by atoms with Gasteiger partial charge in [0.1, 0.15) is 12.1 Å². The van der Waals surface area contributed by atoms with Crippen LogP contribution in [0.25, 0.3) is 22.0 Å². The summed E-state index contributed by atoms with van der Waals surface area (Å²) in [4.78, 5) is 28.9. The van der Waals surface area contributed by atoms with Crippen molar-refractivity contribution >= 4 is 23.1 Å². The zero-order chi connectivity index (χ0) is 27.0. The van der Waals surface area contributed by atoms with Gasteiger partial charge in [0, 0.05) is 50.4 Å². The first-order valence-electron chi connectivity index (χ1n) is 13.6. The molecule has 3 heterocycles. The second-order valence-electron chi connectivity index (χ2n) is 11.1. The lowest BCUT2D eigenvalue weighted by atomic mass is 9.84. The summed E-state index contributed by atoms with van der Waals surface area (Å²) < 4.78 is 21.9. The van der Waals surface area contributed by atoms with Gasteiger partial charge in [-0.25, -0.2) is 4.39 Å². The molecule has 2 saturated heterocycles. The molecule has 8 heteroatoms. The van der Waals surface area contributed by atoms with E-state index in [0.29, 0.717) is 49.6 Å². The van der Waals surface area contributed by atoms with Crippen molar-refractivity contribution in [2.75, 3.05) is 32.8 Å². The molecule has 0 N–H and O–H groups in total. The maximum atomic E-state index is 14.5. The lowest BCUT2D eigenvalue weighted by Gasteiger charge is -2.46. The summed E-state index contributed by atoms with van der Waals surface area (Å²) in [5.74, 6) is 0.203. The van der Waals surface area contributed by atoms with E-state index in [9.17, 15) is 14.0 Å². The molecule has 38 heavy (non-hydrogen) atoms. The number of halogens is 1. The number of benzene rings is 2. The molecule has 2 aliphatic heterocycles. The van der Waals surface area contributed by atoms with Gasteiger partial charge in [0.05, 0.1) is 36.5 Å². The number of carbonyl (C=O) groups is 2. The number of ether oxygens (including phenoxy) is 1. The Balaban J connectivity index is 1.52. The quantitative estimate of drug-likeness (QED) is 0.405. The van der Waals surface area contributed by atoms with Crippen molar-refractivity contribution in [1.82, 2.24) is 19.6 Å². The minimum absolute atomic E-state index is 0.0776. The average molecular weight is 521 g/mol. The molecular weight excluding hydrogens is 483 g/mol. The molecule has 2 atom stereocenters. The number of rotatable bonds is 8. The molecule has 7 nitrogen and oxygen atoms in total. The molecule has 0 bridgehead atoms. The number of aromatic nitrogens is 2. The standard InChI is InChI=1S/C30H37FN4O3/c1-19(2)28(6-5-10-36)34-16-22(17-34)21-12-25(27-15-32-33(4)29(27)13-21)24-8-7-23(31)14-26(24)30(37)35-9-11-38-18-20(35)3/h7-8,10,12-15,19-20,22,28H,5-6,9,11,16-18H2,1-4H3/t20-,28+/m1/s1. The molecule has 2 aromatic carbocycles. The highest BCUT2D eigenvalue weighted by molar-refractivity contribution is 6.05. The Labute approximate surface area is 223 Å². The number of likely N-dealkylation sites (tertiary alicyclic amines) is 1. The van der Waals surface area contributed by atoms with Crippen molar-refractivity contribution in [3.05, 3.63) is 53.5 Å². The van der Waals surface area contributed by atoms with E-state index in [0.717, 1.165) is 47.8 Å². The summed E-state index contributed by atoms with van der Waals surface area (Å²) in [7, 11) is 1.92. The van der Waals surface area contributed by atoms with Crippen LogP contribution in [0.15, 0.2) is 36.5 Å². The van der Waals surface area contributed by atoms with Gasteiger partial charge in [-0.3, -0.25) is 14.4 Å². The first kappa shape index (κ1) is 26.5. The fourth-order valence-electron chi connectivity index (χ4n) is 6.01. The molecule has 1 amide bonds. The molecule has 1 aromatic heterocycles. The van der Waals surface area contributed by atoms with E-state index in [1.165, 1.54) is 17.7 Å². The number of aldehydes is 1. The Hall–Kier alpha value is -3.10. The molecule has 0 spiro atoms. The van der Waals surface area contributed by atoms with Crippen molar-refractivity contribution < 1.29 is 18.7 Å². The smallest absolute Gasteiger partial charge is 0.254 e. The van der Waals surface area contributed by atoms with Crippen molar-refractivity contribution in [2.45, 2.75) is 51.6 Å². The second kappa shape index (κ2) is 10.9. The molecule has 3 aromatic rings. The van der Waals surface area contributed by atoms with Crippen LogP contribution >= 0.6 is 0 Å². The number of hydrogen-bond donors (Lipinski definition) is 0. The third-order valence-corrected chi connectivity index (χ3v) is 8.22. The predicted molar refractivity (Wildman–Crippen MR) is 146 cm³/mol. The molecule has 5 rings (SSSR count). The average Bonchev–Trinajstić information content (AvgIpc) is 3.25. The number of aryl methyl sites for hydroxylation is 1. The van der Waals surface area contributed by atoms with Crippen LogP contribution in [-0.4, -0.2) is 76.7 Å². The van der Waals surface area contributed by atoms with Crippen LogP contribution in [-0.2, 0) is 16.6 Å². The molecule has 0 unspecified atom stereocenters. The van der Waals surface area contributed by atoms with Crippen LogP contribution in [0, 0.1) is 11.7 Å². The maximum absolute atomic E-state index is 14.5. The highest BCUT2D eigenvalue weighted by Gasteiger charge is 2.35. The zero-order valence-electron chi connectivity index (χ0n) is 22.7. The zero-order valence-corrected chi connectivity index (χ0v) is 22.7. The minimum atomic E-state index is -0.429. The first-order valence-corrected chi connectivity index (χ1v) is 13.6. The topological polar surface area (TPSA) is 67.7 Å². The van der Waals surface area contributed by atoms with Gasteiger partial charge < -0.3 is 14.4 Å². The van der Waals surface area contributed by atoms with Crippen LogP contribution in [0.3, 0.4) is 0 Å². The highest BCUT2D eigenvalue weighted by Crippen LogP contribution is 2.39. The van der Waals surface area contributed by atoms with Gasteiger partial charge in [0.15, 0.2) is 0 Å². The van der Waals surface area contributed by atoms with E-state index in [1.54, 1.807) is 11.0 Å². The lowest BCUT2D eigenvalue weighted by molar-refractivity contribution is -0.108. The van der Waals surface area contributed by atoms with Gasteiger partial charge in [-0.05, 0) is 60.2 Å². The molecule has 0 aliphatic carbocycles. The highest BCUT2D eigenvalue weighted by atomic mass is 19.1. The molecular formula is C30H37FN4O3. The van der Waals surface area contributed by atoms with E-state index >= 15 is 0 Å². The van der Waals surface area contributed by atoms with Crippen molar-refractivity contribution in [3.63, 3.8) is 0 Å². The summed E-state index contributed by atoms with van der Waals surface area (Å²) in [6, 6.07) is 9.17. The van der Waals surface area contributed by atoms with Crippen LogP contribution in [0.4, 0.5) is 4.39 Å². The van der Waals surface area contributed by atoms with E-state index in [4.69, 9.17) is 4.74 Å². The van der Waals surface area contributed by atoms with E-state index in [2.05, 4.69) is 36.0 Å². The minimum Gasteiger partial charge on any atom is -0.377 e. The van der Waals surface area contributed by atoms with Gasteiger partial charge in [0.2, 0.25) is 0 Å². The maximum Gasteiger partial charge on any atom is 0.254 e. The Bertz CT molecular complexity index is 1330. The first-order chi connectivity index (χ1) is 18.3. The number of carbonyl (C=O) groups excluding carboxylic acids is 2. The fourth-order valence-corrected chi connectivity index (χ4v) is 6.01. The number of nitrogens with zero attached hydrogens (tertiary/aromatic N) is 4. The lowest BCUT2D eigenvalue weighted by Crippen LogP contribution is -2.52. The monoisotopic (exact) mass is 520 g/mol. The summed E-state index contributed by atoms with van der Waals surface area (Å²) in [6.07, 6.45) is 4.29. The number of hydrogen-bond acceptors (Lipinski definition) is 5.